The van der Waals surface area contributed by atoms with Crippen molar-refractivity contribution in [1.82, 2.24) is 5.32 Å². The summed E-state index contributed by atoms with van der Waals surface area (Å²) in [6.45, 7) is -2.67. The van der Waals surface area contributed by atoms with E-state index in [1.807, 2.05) is 0 Å². The summed E-state index contributed by atoms with van der Waals surface area (Å²) in [4.78, 5) is 11.3. The van der Waals surface area contributed by atoms with Crippen molar-refractivity contribution in [3.05, 3.63) is 29.3 Å². The molecule has 0 radical (unpaired) electrons. The molecule has 8 heteroatoms. The Morgan fingerprint density at radius 2 is 2.00 bits per heavy atom. The lowest BCUT2D eigenvalue weighted by Gasteiger charge is -2.14. The van der Waals surface area contributed by atoms with Crippen molar-refractivity contribution in [2.75, 3.05) is 18.9 Å². The molecular weight excluding hydrogens is 256 g/mol. The first-order chi connectivity index (χ1) is 8.26. The summed E-state index contributed by atoms with van der Waals surface area (Å²) in [6, 6.07) is 1.20. The van der Waals surface area contributed by atoms with Gasteiger partial charge in [-0.15, -0.1) is 0 Å². The van der Waals surface area contributed by atoms with E-state index in [-0.39, 0.29) is 0 Å². The molecule has 1 aromatic rings. The third-order valence-electron chi connectivity index (χ3n) is 2.05. The highest BCUT2D eigenvalue weighted by molar-refractivity contribution is 5.95. The molecule has 1 rings (SSSR count). The maximum Gasteiger partial charge on any atom is 0.287 e. The molecule has 100 valence electrons. The van der Waals surface area contributed by atoms with Gasteiger partial charge in [0.25, 0.3) is 11.8 Å². The number of nitrogens with two attached hydrogens (primary N) is 1. The largest absolute Gasteiger partial charge is 0.396 e. The second-order valence-electron chi connectivity index (χ2n) is 3.55. The Morgan fingerprint density at radius 3 is 2.56 bits per heavy atom. The van der Waals surface area contributed by atoms with Crippen LogP contribution in [-0.4, -0.2) is 30.1 Å². The van der Waals surface area contributed by atoms with Gasteiger partial charge in [0.05, 0.1) is 17.8 Å². The highest BCUT2D eigenvalue weighted by Gasteiger charge is 2.29. The van der Waals surface area contributed by atoms with Gasteiger partial charge in [-0.1, -0.05) is 0 Å². The van der Waals surface area contributed by atoms with Gasteiger partial charge in [-0.25, -0.2) is 17.6 Å². The summed E-state index contributed by atoms with van der Waals surface area (Å²) >= 11 is 0. The number of nitrogen functional groups attached to an aromatic ring is 1. The van der Waals surface area contributed by atoms with Crippen LogP contribution >= 0.6 is 0 Å². The molecule has 0 spiro atoms. The number of hydrogen-bond donors (Lipinski definition) is 3. The normalized spacial score (nSPS) is 11.4. The fraction of sp³-hybridized carbons (Fsp3) is 0.300. The van der Waals surface area contributed by atoms with Crippen molar-refractivity contribution < 1.29 is 27.5 Å². The van der Waals surface area contributed by atoms with Crippen molar-refractivity contribution in [2.24, 2.45) is 0 Å². The molecule has 0 fully saturated rings. The molecule has 0 aliphatic heterocycles. The second-order valence-corrected chi connectivity index (χ2v) is 3.55. The number of benzene rings is 1. The van der Waals surface area contributed by atoms with Crippen LogP contribution in [0.15, 0.2) is 12.1 Å². The van der Waals surface area contributed by atoms with Gasteiger partial charge < -0.3 is 16.2 Å². The molecule has 18 heavy (non-hydrogen) atoms. The second kappa shape index (κ2) is 5.21. The molecule has 4 nitrogen and oxygen atoms in total. The average molecular weight is 266 g/mol. The van der Waals surface area contributed by atoms with Gasteiger partial charge in [-0.3, -0.25) is 4.79 Å². The van der Waals surface area contributed by atoms with E-state index >= 15 is 0 Å². The number of anilines is 1. The van der Waals surface area contributed by atoms with E-state index < -0.39 is 47.9 Å². The number of amides is 1. The maximum absolute atomic E-state index is 13.3. The zero-order chi connectivity index (χ0) is 13.9. The molecule has 0 saturated carbocycles. The summed E-state index contributed by atoms with van der Waals surface area (Å²) in [5, 5.41) is 9.94. The number of carbonyl (C=O) groups excluding carboxylic acids is 1. The predicted octanol–water partition coefficient (Wildman–Crippen LogP) is 0.904. The van der Waals surface area contributed by atoms with Crippen LogP contribution in [0.2, 0.25) is 0 Å². The molecular formula is C10H10F4N2O2. The molecule has 4 N–H and O–H groups in total. The minimum atomic E-state index is -3.54. The van der Waals surface area contributed by atoms with Crippen molar-refractivity contribution >= 4 is 11.6 Å². The Hall–Kier alpha value is -1.83. The number of hydrogen-bond acceptors (Lipinski definition) is 3. The Bertz CT molecular complexity index is 465. The van der Waals surface area contributed by atoms with Gasteiger partial charge in [-0.05, 0) is 12.1 Å². The zero-order valence-electron chi connectivity index (χ0n) is 9.01. The van der Waals surface area contributed by atoms with Gasteiger partial charge in [0, 0.05) is 0 Å². The van der Waals surface area contributed by atoms with E-state index in [1.54, 1.807) is 5.32 Å². The van der Waals surface area contributed by atoms with Gasteiger partial charge in [0.2, 0.25) is 0 Å². The van der Waals surface area contributed by atoms with Crippen LogP contribution in [0.5, 0.6) is 0 Å². The fourth-order valence-corrected chi connectivity index (χ4v) is 1.14. The van der Waals surface area contributed by atoms with Gasteiger partial charge in [0.15, 0.2) is 5.82 Å². The summed E-state index contributed by atoms with van der Waals surface area (Å²) in [7, 11) is 0. The molecule has 0 aliphatic carbocycles. The molecule has 0 aromatic heterocycles. The molecule has 0 atom stereocenters. The topological polar surface area (TPSA) is 75.4 Å². The Balaban J connectivity index is 2.85. The number of halogens is 4. The number of aliphatic hydroxyl groups is 1. The van der Waals surface area contributed by atoms with Crippen LogP contribution < -0.4 is 11.1 Å². The number of alkyl halides is 2. The first kappa shape index (κ1) is 14.2. The fourth-order valence-electron chi connectivity index (χ4n) is 1.14. The number of aliphatic hydroxyl groups excluding tert-OH is 1. The minimum Gasteiger partial charge on any atom is -0.396 e. The van der Waals surface area contributed by atoms with Crippen LogP contribution in [0, 0.1) is 11.6 Å². The minimum absolute atomic E-state index is 0.540. The van der Waals surface area contributed by atoms with E-state index in [9.17, 15) is 22.4 Å². The monoisotopic (exact) mass is 266 g/mol. The summed E-state index contributed by atoms with van der Waals surface area (Å²) in [5.74, 6) is -6.94. The maximum atomic E-state index is 13.3. The van der Waals surface area contributed by atoms with Gasteiger partial charge >= 0.3 is 0 Å². The Kier molecular flexibility index (Phi) is 4.12. The van der Waals surface area contributed by atoms with Crippen molar-refractivity contribution in [3.63, 3.8) is 0 Å². The Labute approximate surface area is 99.4 Å². The summed E-state index contributed by atoms with van der Waals surface area (Å²) in [5.41, 5.74) is 3.70. The van der Waals surface area contributed by atoms with Gasteiger partial charge in [-0.2, -0.15) is 0 Å². The number of carbonyl (C=O) groups is 1. The molecule has 1 aromatic carbocycles. The van der Waals surface area contributed by atoms with Crippen LogP contribution in [0.1, 0.15) is 10.4 Å². The van der Waals surface area contributed by atoms with E-state index in [1.165, 1.54) is 0 Å². The lowest BCUT2D eigenvalue weighted by Crippen LogP contribution is -2.39. The van der Waals surface area contributed by atoms with E-state index in [0.717, 1.165) is 0 Å². The van der Waals surface area contributed by atoms with Crippen LogP contribution in [0.3, 0.4) is 0 Å². The van der Waals surface area contributed by atoms with Gasteiger partial charge in [0.1, 0.15) is 12.4 Å². The smallest absolute Gasteiger partial charge is 0.287 e. The summed E-state index contributed by atoms with van der Waals surface area (Å²) < 4.78 is 51.5. The SMILES string of the molecule is Nc1cc(F)cc(C(=O)NCC(F)(F)CO)c1F. The standard InChI is InChI=1S/C10H10F4N2O2/c11-5-1-6(8(12)7(15)2-5)9(18)16-3-10(13,14)4-17/h1-2,17H,3-4,15H2,(H,16,18). The lowest BCUT2D eigenvalue weighted by atomic mass is 10.1. The molecule has 0 bridgehead atoms. The van der Waals surface area contributed by atoms with E-state index in [2.05, 4.69) is 0 Å². The third-order valence-corrected chi connectivity index (χ3v) is 2.05. The molecule has 0 saturated heterocycles. The molecule has 0 heterocycles. The van der Waals surface area contributed by atoms with Crippen molar-refractivity contribution in [2.45, 2.75) is 5.92 Å². The van der Waals surface area contributed by atoms with Crippen LogP contribution in [-0.2, 0) is 0 Å². The number of rotatable bonds is 4. The highest BCUT2D eigenvalue weighted by Crippen LogP contribution is 2.18. The zero-order valence-corrected chi connectivity index (χ0v) is 9.01. The van der Waals surface area contributed by atoms with E-state index in [4.69, 9.17) is 10.8 Å². The van der Waals surface area contributed by atoms with Crippen molar-refractivity contribution in [1.29, 1.82) is 0 Å². The van der Waals surface area contributed by atoms with E-state index in [0.29, 0.717) is 12.1 Å². The first-order valence-corrected chi connectivity index (χ1v) is 4.78. The molecule has 0 unspecified atom stereocenters. The van der Waals surface area contributed by atoms with Crippen molar-refractivity contribution in [3.8, 4) is 0 Å². The Morgan fingerprint density at radius 1 is 1.39 bits per heavy atom. The number of nitrogens with one attached hydrogen (secondary N) is 1. The summed E-state index contributed by atoms with van der Waals surface area (Å²) in [6.07, 6.45) is 0. The predicted molar refractivity (Wildman–Crippen MR) is 55.1 cm³/mol. The highest BCUT2D eigenvalue weighted by atomic mass is 19.3. The quantitative estimate of drug-likeness (QED) is 0.560. The van der Waals surface area contributed by atoms with Crippen LogP contribution in [0.25, 0.3) is 0 Å². The molecule has 0 aliphatic rings. The third kappa shape index (κ3) is 3.33. The average Bonchev–Trinajstić information content (AvgIpc) is 2.31. The lowest BCUT2D eigenvalue weighted by molar-refractivity contribution is -0.0462. The first-order valence-electron chi connectivity index (χ1n) is 4.78. The molecule has 1 amide bonds. The van der Waals surface area contributed by atoms with Crippen LogP contribution in [0.4, 0.5) is 23.2 Å².